The number of aliphatic hydroxyl groups excluding tert-OH is 1. The number of carboxylic acid groups (broad SMARTS) is 1. The molecule has 0 radical (unpaired) electrons. The number of benzene rings is 1. The third kappa shape index (κ3) is 2.47. The highest BCUT2D eigenvalue weighted by Crippen LogP contribution is 2.35. The highest BCUT2D eigenvalue weighted by Gasteiger charge is 2.43. The molecule has 1 heterocycles. The molecule has 1 unspecified atom stereocenters. The first-order valence-electron chi connectivity index (χ1n) is 7.15. The van der Waals surface area contributed by atoms with Crippen molar-refractivity contribution in [1.82, 2.24) is 4.90 Å². The Balaban J connectivity index is 1.93. The lowest BCUT2D eigenvalue weighted by Crippen LogP contribution is -2.51. The highest BCUT2D eigenvalue weighted by molar-refractivity contribution is 6.01. The molecule has 1 fully saturated rings. The molecule has 0 spiro atoms. The number of nitrogens with zero attached hydrogens (tertiary/aromatic N) is 2. The average Bonchev–Trinajstić information content (AvgIpc) is 3.23. The Morgan fingerprint density at radius 1 is 1.29 bits per heavy atom. The van der Waals surface area contributed by atoms with Crippen LogP contribution in [0, 0.1) is 0 Å². The van der Waals surface area contributed by atoms with Crippen molar-refractivity contribution >= 4 is 17.7 Å². The number of urea groups is 1. The number of aliphatic carboxylic acids is 1. The molecular formula is C15H18N2O4. The van der Waals surface area contributed by atoms with Gasteiger partial charge in [0.2, 0.25) is 0 Å². The van der Waals surface area contributed by atoms with Crippen LogP contribution in [-0.4, -0.2) is 52.3 Å². The van der Waals surface area contributed by atoms with Crippen molar-refractivity contribution in [3.8, 4) is 0 Å². The van der Waals surface area contributed by atoms with Gasteiger partial charge in [-0.25, -0.2) is 9.59 Å². The van der Waals surface area contributed by atoms with Crippen molar-refractivity contribution < 1.29 is 19.8 Å². The maximum atomic E-state index is 12.8. The van der Waals surface area contributed by atoms with Gasteiger partial charge in [0.25, 0.3) is 0 Å². The fraction of sp³-hybridized carbons (Fsp3) is 0.467. The zero-order valence-corrected chi connectivity index (χ0v) is 11.6. The number of hydrogen-bond acceptors (Lipinski definition) is 3. The van der Waals surface area contributed by atoms with Crippen molar-refractivity contribution in [1.29, 1.82) is 0 Å². The zero-order chi connectivity index (χ0) is 15.0. The van der Waals surface area contributed by atoms with Crippen LogP contribution >= 0.6 is 0 Å². The predicted octanol–water partition coefficient (Wildman–Crippen LogP) is 1.08. The van der Waals surface area contributed by atoms with E-state index in [0.29, 0.717) is 12.1 Å². The number of carbonyl (C=O) groups excluding carboxylic acids is 1. The lowest BCUT2D eigenvalue weighted by atomic mass is 10.1. The minimum Gasteiger partial charge on any atom is -0.480 e. The van der Waals surface area contributed by atoms with Gasteiger partial charge in [0, 0.05) is 24.7 Å². The van der Waals surface area contributed by atoms with Gasteiger partial charge in [-0.3, -0.25) is 4.90 Å². The van der Waals surface area contributed by atoms with Gasteiger partial charge >= 0.3 is 12.0 Å². The van der Waals surface area contributed by atoms with E-state index < -0.39 is 12.0 Å². The summed E-state index contributed by atoms with van der Waals surface area (Å²) in [5, 5.41) is 18.6. The zero-order valence-electron chi connectivity index (χ0n) is 11.6. The number of rotatable bonds is 4. The molecule has 21 heavy (non-hydrogen) atoms. The summed E-state index contributed by atoms with van der Waals surface area (Å²) in [6, 6.07) is 6.23. The molecule has 6 nitrogen and oxygen atoms in total. The molecule has 1 atom stereocenters. The lowest BCUT2D eigenvalue weighted by molar-refractivity contribution is -0.138. The Bertz CT molecular complexity index is 571. The summed E-state index contributed by atoms with van der Waals surface area (Å²) in [6.07, 6.45) is 2.16. The normalized spacial score (nSPS) is 20.2. The Labute approximate surface area is 122 Å². The summed E-state index contributed by atoms with van der Waals surface area (Å²) in [4.78, 5) is 27.2. The summed E-state index contributed by atoms with van der Waals surface area (Å²) in [7, 11) is 0. The standard InChI is InChI=1S/C15H18N2O4/c18-8-7-16(11-5-6-11)15(21)17-12-4-2-1-3-10(12)9-13(17)14(19)20/h1-4,11,13,18H,5-9H2,(H,19,20). The van der Waals surface area contributed by atoms with Gasteiger partial charge in [-0.1, -0.05) is 18.2 Å². The highest BCUT2D eigenvalue weighted by atomic mass is 16.4. The van der Waals surface area contributed by atoms with Gasteiger partial charge in [-0.05, 0) is 24.5 Å². The van der Waals surface area contributed by atoms with Gasteiger partial charge in [0.1, 0.15) is 6.04 Å². The van der Waals surface area contributed by atoms with Gasteiger partial charge in [-0.2, -0.15) is 0 Å². The predicted molar refractivity (Wildman–Crippen MR) is 76.3 cm³/mol. The molecule has 0 aromatic heterocycles. The van der Waals surface area contributed by atoms with Crippen molar-refractivity contribution in [2.45, 2.75) is 31.3 Å². The number of aliphatic hydroxyl groups is 1. The van der Waals surface area contributed by atoms with Gasteiger partial charge in [0.05, 0.1) is 6.61 Å². The number of carbonyl (C=O) groups is 2. The second kappa shape index (κ2) is 5.37. The second-order valence-electron chi connectivity index (χ2n) is 5.49. The van der Waals surface area contributed by atoms with Crippen molar-refractivity contribution in [3.05, 3.63) is 29.8 Å². The molecule has 1 aromatic rings. The minimum atomic E-state index is -1.00. The first-order valence-corrected chi connectivity index (χ1v) is 7.15. The second-order valence-corrected chi connectivity index (χ2v) is 5.49. The molecule has 2 aliphatic rings. The van der Waals surface area contributed by atoms with E-state index in [0.717, 1.165) is 18.4 Å². The van der Waals surface area contributed by atoms with E-state index in [2.05, 4.69) is 0 Å². The van der Waals surface area contributed by atoms with E-state index in [1.165, 1.54) is 4.90 Å². The first-order chi connectivity index (χ1) is 10.1. The molecule has 112 valence electrons. The molecule has 0 saturated heterocycles. The maximum Gasteiger partial charge on any atom is 0.327 e. The van der Waals surface area contributed by atoms with Crippen LogP contribution in [-0.2, 0) is 11.2 Å². The Morgan fingerprint density at radius 3 is 2.62 bits per heavy atom. The van der Waals surface area contributed by atoms with Crippen LogP contribution in [0.2, 0.25) is 0 Å². The molecule has 0 bridgehead atoms. The molecular weight excluding hydrogens is 272 g/mol. The van der Waals surface area contributed by atoms with Crippen LogP contribution in [0.4, 0.5) is 10.5 Å². The van der Waals surface area contributed by atoms with Crippen LogP contribution in [0.25, 0.3) is 0 Å². The van der Waals surface area contributed by atoms with Gasteiger partial charge in [0.15, 0.2) is 0 Å². The van der Waals surface area contributed by atoms with Crippen LogP contribution in [0.15, 0.2) is 24.3 Å². The topological polar surface area (TPSA) is 81.1 Å². The number of hydrogen-bond donors (Lipinski definition) is 2. The van der Waals surface area contributed by atoms with Crippen molar-refractivity contribution in [2.75, 3.05) is 18.1 Å². The van der Waals surface area contributed by atoms with E-state index in [1.807, 2.05) is 12.1 Å². The molecule has 1 aliphatic heterocycles. The molecule has 6 heteroatoms. The van der Waals surface area contributed by atoms with E-state index in [-0.39, 0.29) is 25.2 Å². The largest absolute Gasteiger partial charge is 0.480 e. The molecule has 1 aromatic carbocycles. The first kappa shape index (κ1) is 13.9. The number of carboxylic acids is 1. The fourth-order valence-electron chi connectivity index (χ4n) is 2.89. The van der Waals surface area contributed by atoms with E-state index in [9.17, 15) is 14.7 Å². The third-order valence-electron chi connectivity index (χ3n) is 4.04. The van der Waals surface area contributed by atoms with E-state index >= 15 is 0 Å². The number of anilines is 1. The van der Waals surface area contributed by atoms with Gasteiger partial charge in [-0.15, -0.1) is 0 Å². The average molecular weight is 290 g/mol. The minimum absolute atomic E-state index is 0.116. The maximum absolute atomic E-state index is 12.8. The smallest absolute Gasteiger partial charge is 0.327 e. The third-order valence-corrected chi connectivity index (χ3v) is 4.04. The van der Waals surface area contributed by atoms with E-state index in [1.54, 1.807) is 17.0 Å². The monoisotopic (exact) mass is 290 g/mol. The summed E-state index contributed by atoms with van der Waals surface area (Å²) in [6.45, 7) is 0.129. The van der Waals surface area contributed by atoms with Crippen molar-refractivity contribution in [2.24, 2.45) is 0 Å². The fourth-order valence-corrected chi connectivity index (χ4v) is 2.89. The van der Waals surface area contributed by atoms with Crippen LogP contribution < -0.4 is 4.90 Å². The summed E-state index contributed by atoms with van der Waals surface area (Å²) < 4.78 is 0. The molecule has 3 rings (SSSR count). The molecule has 1 aliphatic carbocycles. The summed E-state index contributed by atoms with van der Waals surface area (Å²) in [5.74, 6) is -1.00. The van der Waals surface area contributed by atoms with Crippen LogP contribution in [0.5, 0.6) is 0 Å². The molecule has 1 saturated carbocycles. The quantitative estimate of drug-likeness (QED) is 0.869. The van der Waals surface area contributed by atoms with Crippen LogP contribution in [0.3, 0.4) is 0 Å². The van der Waals surface area contributed by atoms with Gasteiger partial charge < -0.3 is 15.1 Å². The van der Waals surface area contributed by atoms with Crippen molar-refractivity contribution in [3.63, 3.8) is 0 Å². The summed E-state index contributed by atoms with van der Waals surface area (Å²) >= 11 is 0. The summed E-state index contributed by atoms with van der Waals surface area (Å²) in [5.41, 5.74) is 1.54. The lowest BCUT2D eigenvalue weighted by Gasteiger charge is -2.30. The van der Waals surface area contributed by atoms with E-state index in [4.69, 9.17) is 5.11 Å². The molecule has 2 amide bonds. The SMILES string of the molecule is O=C(O)C1Cc2ccccc2N1C(=O)N(CCO)C1CC1. The van der Waals surface area contributed by atoms with Crippen LogP contribution in [0.1, 0.15) is 18.4 Å². The Morgan fingerprint density at radius 2 is 2.00 bits per heavy atom. The number of amides is 2. The Hall–Kier alpha value is -2.08. The molecule has 2 N–H and O–H groups in total. The number of fused-ring (bicyclic) bond motifs is 1. The Kier molecular flexibility index (Phi) is 3.55. The number of para-hydroxylation sites is 1.